The predicted molar refractivity (Wildman–Crippen MR) is 115 cm³/mol. The first-order valence-electron chi connectivity index (χ1n) is 10.5. The molecule has 4 heterocycles. The van der Waals surface area contributed by atoms with Crippen LogP contribution in [0.4, 0.5) is 0 Å². The van der Waals surface area contributed by atoms with Crippen LogP contribution in [0.25, 0.3) is 10.9 Å². The van der Waals surface area contributed by atoms with E-state index in [1.165, 1.54) is 17.0 Å². The molecule has 0 spiro atoms. The maximum absolute atomic E-state index is 13.1. The minimum Gasteiger partial charge on any atom is -0.507 e. The molecule has 0 bridgehead atoms. The molecule has 6 rings (SSSR count). The number of ether oxygens (including phenoxy) is 2. The molecule has 2 N–H and O–H groups in total. The number of rotatable bonds is 3. The molecular weight excluding hydrogens is 392 g/mol. The Hall–Kier alpha value is -3.35. The van der Waals surface area contributed by atoms with Crippen molar-refractivity contribution < 1.29 is 19.4 Å². The van der Waals surface area contributed by atoms with Crippen molar-refractivity contribution in [2.45, 2.75) is 31.5 Å². The number of benzene rings is 2. The molecule has 3 aromatic rings. The molecule has 6 nitrogen and oxygen atoms in total. The highest BCUT2D eigenvalue weighted by Gasteiger charge is 2.55. The normalized spacial score (nSPS) is 26.7. The van der Waals surface area contributed by atoms with E-state index in [4.69, 9.17) is 9.47 Å². The predicted octanol–water partition coefficient (Wildman–Crippen LogP) is 3.98. The van der Waals surface area contributed by atoms with E-state index in [-0.39, 0.29) is 17.8 Å². The second kappa shape index (κ2) is 6.57. The molecule has 2 aromatic carbocycles. The van der Waals surface area contributed by atoms with Crippen molar-refractivity contribution in [1.82, 2.24) is 9.88 Å². The summed E-state index contributed by atoms with van der Waals surface area (Å²) in [6, 6.07) is 14.9. The number of carbonyl (C=O) groups is 1. The first-order chi connectivity index (χ1) is 15.1. The Bertz CT molecular complexity index is 1270. The van der Waals surface area contributed by atoms with Crippen LogP contribution in [0.1, 0.15) is 28.5 Å². The van der Waals surface area contributed by atoms with Crippen LogP contribution in [-0.2, 0) is 21.4 Å². The van der Waals surface area contributed by atoms with Crippen molar-refractivity contribution >= 4 is 16.7 Å². The number of hydrogen-bond acceptors (Lipinski definition) is 5. The van der Waals surface area contributed by atoms with Crippen molar-refractivity contribution in [2.24, 2.45) is 0 Å². The van der Waals surface area contributed by atoms with E-state index in [9.17, 15) is 9.90 Å². The first kappa shape index (κ1) is 18.4. The van der Waals surface area contributed by atoms with Crippen LogP contribution >= 0.6 is 0 Å². The summed E-state index contributed by atoms with van der Waals surface area (Å²) < 4.78 is 12.0. The standard InChI is InChI=1S/C25H22N2O4/c1-15-30-24(31-15)25-12-10-16(22(29)19-7-3-5-9-21(19)28)14-27(25)13-11-18-17-6-2-4-8-20(17)26-23(18)25/h2-10,12,14-15,24,26,28H,11,13H2,1H3. The third kappa shape index (κ3) is 2.55. The van der Waals surface area contributed by atoms with Crippen LogP contribution in [0.5, 0.6) is 5.75 Å². The number of phenolic OH excluding ortho intramolecular Hbond substituents is 1. The summed E-state index contributed by atoms with van der Waals surface area (Å²) in [5.41, 5.74) is 3.50. The number of ketones is 1. The average Bonchev–Trinajstić information content (AvgIpc) is 3.16. The lowest BCUT2D eigenvalue weighted by Crippen LogP contribution is -2.62. The third-order valence-electron chi connectivity index (χ3n) is 6.50. The van der Waals surface area contributed by atoms with Crippen LogP contribution in [0.2, 0.25) is 0 Å². The molecule has 1 aromatic heterocycles. The molecule has 3 aliphatic rings. The van der Waals surface area contributed by atoms with Gasteiger partial charge in [-0.15, -0.1) is 0 Å². The van der Waals surface area contributed by atoms with E-state index in [2.05, 4.69) is 22.0 Å². The van der Waals surface area contributed by atoms with Gasteiger partial charge < -0.3 is 24.5 Å². The summed E-state index contributed by atoms with van der Waals surface area (Å²) in [7, 11) is 0. The molecule has 0 aliphatic carbocycles. The largest absolute Gasteiger partial charge is 0.507 e. The van der Waals surface area contributed by atoms with Gasteiger partial charge in [0.25, 0.3) is 0 Å². The number of allylic oxidation sites excluding steroid dienone is 2. The van der Waals surface area contributed by atoms with Crippen molar-refractivity contribution in [3.8, 4) is 5.75 Å². The van der Waals surface area contributed by atoms with Crippen molar-refractivity contribution in [3.05, 3.63) is 89.3 Å². The molecular formula is C25H22N2O4. The summed E-state index contributed by atoms with van der Waals surface area (Å²) in [5, 5.41) is 11.3. The van der Waals surface area contributed by atoms with Gasteiger partial charge in [0.2, 0.25) is 0 Å². The second-order valence-corrected chi connectivity index (χ2v) is 8.23. The highest BCUT2D eigenvalue weighted by atomic mass is 16.9. The lowest BCUT2D eigenvalue weighted by Gasteiger charge is -2.54. The number of Topliss-reactive ketones (excluding diaryl/α,β-unsaturated/α-hetero) is 1. The molecule has 0 amide bonds. The van der Waals surface area contributed by atoms with Gasteiger partial charge in [0.15, 0.2) is 23.9 Å². The Morgan fingerprint density at radius 3 is 2.74 bits per heavy atom. The lowest BCUT2D eigenvalue weighted by molar-refractivity contribution is -0.405. The summed E-state index contributed by atoms with van der Waals surface area (Å²) in [4.78, 5) is 18.8. The molecule has 0 saturated carbocycles. The molecule has 1 unspecified atom stereocenters. The molecule has 31 heavy (non-hydrogen) atoms. The molecule has 156 valence electrons. The van der Waals surface area contributed by atoms with E-state index in [0.29, 0.717) is 17.7 Å². The first-order valence-corrected chi connectivity index (χ1v) is 10.5. The van der Waals surface area contributed by atoms with Gasteiger partial charge in [-0.25, -0.2) is 0 Å². The number of aromatic hydroxyl groups is 1. The fraction of sp³-hybridized carbons (Fsp3) is 0.240. The molecule has 1 fully saturated rings. The second-order valence-electron chi connectivity index (χ2n) is 8.23. The maximum atomic E-state index is 13.1. The van der Waals surface area contributed by atoms with Gasteiger partial charge in [0.1, 0.15) is 5.75 Å². The minimum absolute atomic E-state index is 0.0188. The Morgan fingerprint density at radius 2 is 1.94 bits per heavy atom. The van der Waals surface area contributed by atoms with Crippen LogP contribution < -0.4 is 0 Å². The number of carbonyl (C=O) groups excluding carboxylic acids is 1. The Morgan fingerprint density at radius 1 is 1.16 bits per heavy atom. The van der Waals surface area contributed by atoms with Crippen LogP contribution in [-0.4, -0.2) is 39.9 Å². The van der Waals surface area contributed by atoms with Gasteiger partial charge in [0, 0.05) is 29.2 Å². The van der Waals surface area contributed by atoms with E-state index in [1.807, 2.05) is 37.4 Å². The maximum Gasteiger partial charge on any atom is 0.198 e. The smallest absolute Gasteiger partial charge is 0.198 e. The molecule has 0 radical (unpaired) electrons. The molecule has 6 heteroatoms. The number of nitrogens with zero attached hydrogens (tertiary/aromatic N) is 1. The number of aromatic nitrogens is 1. The SMILES string of the molecule is CC1OC(C23C=CC(C(=O)c4ccccc4O)=CN2CCc2c3[nH]c3ccccc23)O1. The summed E-state index contributed by atoms with van der Waals surface area (Å²) >= 11 is 0. The van der Waals surface area contributed by atoms with E-state index in [0.717, 1.165) is 17.6 Å². The zero-order valence-electron chi connectivity index (χ0n) is 17.0. The number of para-hydroxylation sites is 2. The van der Waals surface area contributed by atoms with Gasteiger partial charge in [-0.3, -0.25) is 4.79 Å². The number of H-pyrrole nitrogens is 1. The summed E-state index contributed by atoms with van der Waals surface area (Å²) in [6.45, 7) is 2.59. The quantitative estimate of drug-likeness (QED) is 0.634. The number of hydrogen-bond donors (Lipinski definition) is 2. The molecule has 3 aliphatic heterocycles. The number of aromatic amines is 1. The molecule has 1 saturated heterocycles. The highest BCUT2D eigenvalue weighted by molar-refractivity contribution is 6.12. The minimum atomic E-state index is -0.679. The Balaban J connectivity index is 1.47. The summed E-state index contributed by atoms with van der Waals surface area (Å²) in [5.74, 6) is -0.233. The van der Waals surface area contributed by atoms with Crippen molar-refractivity contribution in [1.29, 1.82) is 0 Å². The van der Waals surface area contributed by atoms with Gasteiger partial charge in [0.05, 0.1) is 11.3 Å². The van der Waals surface area contributed by atoms with Crippen molar-refractivity contribution in [2.75, 3.05) is 6.54 Å². The fourth-order valence-electron chi connectivity index (χ4n) is 4.99. The fourth-order valence-corrected chi connectivity index (χ4v) is 4.99. The van der Waals surface area contributed by atoms with Gasteiger partial charge >= 0.3 is 0 Å². The number of fused-ring (bicyclic) bond motifs is 5. The topological polar surface area (TPSA) is 74.8 Å². The zero-order chi connectivity index (χ0) is 21.2. The van der Waals surface area contributed by atoms with Gasteiger partial charge in [-0.2, -0.15) is 0 Å². The average molecular weight is 414 g/mol. The van der Waals surface area contributed by atoms with Gasteiger partial charge in [-0.1, -0.05) is 36.4 Å². The van der Waals surface area contributed by atoms with Crippen molar-refractivity contribution in [3.63, 3.8) is 0 Å². The molecule has 1 atom stereocenters. The Kier molecular flexibility index (Phi) is 3.91. The van der Waals surface area contributed by atoms with Gasteiger partial charge in [-0.05, 0) is 43.2 Å². The monoisotopic (exact) mass is 414 g/mol. The van der Waals surface area contributed by atoms with Crippen LogP contribution in [0.3, 0.4) is 0 Å². The van der Waals surface area contributed by atoms with E-state index >= 15 is 0 Å². The van der Waals surface area contributed by atoms with E-state index in [1.54, 1.807) is 18.2 Å². The van der Waals surface area contributed by atoms with Crippen LogP contribution in [0.15, 0.2) is 72.5 Å². The van der Waals surface area contributed by atoms with Crippen LogP contribution in [0, 0.1) is 0 Å². The lowest BCUT2D eigenvalue weighted by atomic mass is 9.80. The summed E-state index contributed by atoms with van der Waals surface area (Å²) in [6.07, 6.45) is 5.79. The number of nitrogens with one attached hydrogen (secondary N) is 1. The third-order valence-corrected chi connectivity index (χ3v) is 6.50. The highest BCUT2D eigenvalue weighted by Crippen LogP contribution is 2.48. The Labute approximate surface area is 179 Å². The van der Waals surface area contributed by atoms with E-state index < -0.39 is 11.8 Å². The zero-order valence-corrected chi connectivity index (χ0v) is 17.0. The number of phenols is 1.